The lowest BCUT2D eigenvalue weighted by molar-refractivity contribution is -0.132. The fourth-order valence-corrected chi connectivity index (χ4v) is 3.63. The van der Waals surface area contributed by atoms with E-state index in [1.54, 1.807) is 34.1 Å². The van der Waals surface area contributed by atoms with Crippen molar-refractivity contribution in [2.45, 2.75) is 13.0 Å². The number of amides is 2. The van der Waals surface area contributed by atoms with Gasteiger partial charge < -0.3 is 14.5 Å². The molecule has 33 heavy (non-hydrogen) atoms. The van der Waals surface area contributed by atoms with Crippen molar-refractivity contribution in [3.05, 3.63) is 82.8 Å². The topological polar surface area (TPSA) is 88.5 Å². The standard InChI is InChI=1S/C23H21ClFN5O3/c24-22-19(26-7-8-28-22)14-21(31)29-9-11-30(12-10-29)23(32)16-5-6-27-20(13-16)33-15-17-3-1-2-4-18(17)25/h1-8,13H,9-12,14-15H2. The number of halogens is 2. The molecule has 4 rings (SSSR count). The Kier molecular flexibility index (Phi) is 7.09. The number of ether oxygens (including phenoxy) is 1. The molecule has 2 amide bonds. The van der Waals surface area contributed by atoms with E-state index in [-0.39, 0.29) is 41.7 Å². The monoisotopic (exact) mass is 469 g/mol. The largest absolute Gasteiger partial charge is 0.473 e. The number of nitrogens with zero attached hydrogens (tertiary/aromatic N) is 5. The van der Waals surface area contributed by atoms with Crippen molar-refractivity contribution >= 4 is 23.4 Å². The number of hydrogen-bond donors (Lipinski definition) is 0. The molecule has 0 spiro atoms. The first-order valence-electron chi connectivity index (χ1n) is 10.4. The highest BCUT2D eigenvalue weighted by Crippen LogP contribution is 2.17. The molecule has 0 aliphatic carbocycles. The molecule has 1 fully saturated rings. The van der Waals surface area contributed by atoms with Crippen LogP contribution in [0.5, 0.6) is 5.88 Å². The Hall–Kier alpha value is -3.59. The van der Waals surface area contributed by atoms with Crippen LogP contribution in [-0.2, 0) is 17.8 Å². The Bertz CT molecular complexity index is 1150. The Morgan fingerprint density at radius 3 is 2.45 bits per heavy atom. The van der Waals surface area contributed by atoms with Crippen molar-refractivity contribution in [3.63, 3.8) is 0 Å². The minimum absolute atomic E-state index is 0.00785. The summed E-state index contributed by atoms with van der Waals surface area (Å²) in [4.78, 5) is 41.0. The van der Waals surface area contributed by atoms with Crippen LogP contribution in [0.2, 0.25) is 5.15 Å². The number of carbonyl (C=O) groups excluding carboxylic acids is 2. The smallest absolute Gasteiger partial charge is 0.254 e. The third kappa shape index (κ3) is 5.61. The number of hydrogen-bond acceptors (Lipinski definition) is 6. The van der Waals surface area contributed by atoms with Gasteiger partial charge in [-0.15, -0.1) is 0 Å². The minimum atomic E-state index is -0.362. The van der Waals surface area contributed by atoms with Crippen LogP contribution < -0.4 is 4.74 Å². The van der Waals surface area contributed by atoms with Crippen LogP contribution in [0, 0.1) is 5.82 Å². The first-order chi connectivity index (χ1) is 16.0. The molecular formula is C23H21ClFN5O3. The van der Waals surface area contributed by atoms with Crippen molar-refractivity contribution in [2.24, 2.45) is 0 Å². The van der Waals surface area contributed by atoms with Gasteiger partial charge in [0.05, 0.1) is 12.1 Å². The third-order valence-corrected chi connectivity index (χ3v) is 5.59. The molecule has 8 nitrogen and oxygen atoms in total. The molecule has 1 aliphatic heterocycles. The maximum absolute atomic E-state index is 13.8. The molecule has 3 heterocycles. The molecule has 3 aromatic rings. The van der Waals surface area contributed by atoms with E-state index in [2.05, 4.69) is 15.0 Å². The van der Waals surface area contributed by atoms with E-state index in [1.165, 1.54) is 30.7 Å². The zero-order valence-corrected chi connectivity index (χ0v) is 18.4. The second kappa shape index (κ2) is 10.4. The number of piperazine rings is 1. The predicted molar refractivity (Wildman–Crippen MR) is 118 cm³/mol. The predicted octanol–water partition coefficient (Wildman–Crippen LogP) is 2.77. The summed E-state index contributed by atoms with van der Waals surface area (Å²) in [6.45, 7) is 1.61. The summed E-state index contributed by atoms with van der Waals surface area (Å²) >= 11 is 5.99. The fourth-order valence-electron chi connectivity index (χ4n) is 3.45. The fraction of sp³-hybridized carbons (Fsp3) is 0.261. The van der Waals surface area contributed by atoms with Crippen molar-refractivity contribution in [3.8, 4) is 5.88 Å². The summed E-state index contributed by atoms with van der Waals surface area (Å²) in [6, 6.07) is 9.46. The normalized spacial score (nSPS) is 13.6. The van der Waals surface area contributed by atoms with Gasteiger partial charge in [0.25, 0.3) is 5.91 Å². The van der Waals surface area contributed by atoms with E-state index in [1.807, 2.05) is 0 Å². The van der Waals surface area contributed by atoms with Gasteiger partial charge in [0.1, 0.15) is 12.4 Å². The maximum Gasteiger partial charge on any atom is 0.254 e. The summed E-state index contributed by atoms with van der Waals surface area (Å²) in [6.07, 6.45) is 4.51. The van der Waals surface area contributed by atoms with Gasteiger partial charge in [-0.05, 0) is 12.1 Å². The lowest BCUT2D eigenvalue weighted by atomic mass is 10.2. The summed E-state index contributed by atoms with van der Waals surface area (Å²) in [5.74, 6) is -0.424. The molecule has 0 N–H and O–H groups in total. The molecule has 0 bridgehead atoms. The molecule has 170 valence electrons. The van der Waals surface area contributed by atoms with Crippen molar-refractivity contribution in [2.75, 3.05) is 26.2 Å². The molecular weight excluding hydrogens is 449 g/mol. The maximum atomic E-state index is 13.8. The van der Waals surface area contributed by atoms with E-state index in [0.717, 1.165) is 0 Å². The molecule has 0 saturated carbocycles. The van der Waals surface area contributed by atoms with Crippen molar-refractivity contribution in [1.29, 1.82) is 0 Å². The average Bonchev–Trinajstić information content (AvgIpc) is 2.85. The Labute approximate surface area is 195 Å². The summed E-state index contributed by atoms with van der Waals surface area (Å²) in [7, 11) is 0. The van der Waals surface area contributed by atoms with E-state index in [9.17, 15) is 14.0 Å². The quantitative estimate of drug-likeness (QED) is 0.551. The Morgan fingerprint density at radius 2 is 1.70 bits per heavy atom. The first kappa shape index (κ1) is 22.6. The molecule has 1 aliphatic rings. The third-order valence-electron chi connectivity index (χ3n) is 5.28. The van der Waals surface area contributed by atoms with Crippen LogP contribution in [0.25, 0.3) is 0 Å². The van der Waals surface area contributed by atoms with Gasteiger partial charge in [-0.3, -0.25) is 14.6 Å². The van der Waals surface area contributed by atoms with Crippen LogP contribution in [0.3, 0.4) is 0 Å². The number of pyridine rings is 1. The lowest BCUT2D eigenvalue weighted by Crippen LogP contribution is -2.51. The molecule has 1 saturated heterocycles. The molecule has 0 unspecified atom stereocenters. The molecule has 0 radical (unpaired) electrons. The minimum Gasteiger partial charge on any atom is -0.473 e. The van der Waals surface area contributed by atoms with Crippen LogP contribution in [0.15, 0.2) is 55.0 Å². The number of aromatic nitrogens is 3. The second-order valence-corrected chi connectivity index (χ2v) is 7.76. The highest BCUT2D eigenvalue weighted by atomic mass is 35.5. The summed E-state index contributed by atoms with van der Waals surface area (Å²) in [5, 5.41) is 0.213. The van der Waals surface area contributed by atoms with Crippen LogP contribution in [-0.4, -0.2) is 62.7 Å². The van der Waals surface area contributed by atoms with Crippen LogP contribution in [0.4, 0.5) is 4.39 Å². The number of carbonyl (C=O) groups is 2. The van der Waals surface area contributed by atoms with Gasteiger partial charge in [-0.25, -0.2) is 14.4 Å². The Morgan fingerprint density at radius 1 is 0.970 bits per heavy atom. The second-order valence-electron chi connectivity index (χ2n) is 7.41. The highest BCUT2D eigenvalue weighted by Gasteiger charge is 2.26. The first-order valence-corrected chi connectivity index (χ1v) is 10.7. The van der Waals surface area contributed by atoms with Crippen LogP contribution in [0.1, 0.15) is 21.6 Å². The average molecular weight is 470 g/mol. The summed E-state index contributed by atoms with van der Waals surface area (Å²) in [5.41, 5.74) is 1.25. The summed E-state index contributed by atoms with van der Waals surface area (Å²) < 4.78 is 19.3. The van der Waals surface area contributed by atoms with E-state index in [4.69, 9.17) is 16.3 Å². The van der Waals surface area contributed by atoms with Gasteiger partial charge in [-0.2, -0.15) is 0 Å². The SMILES string of the molecule is O=C(Cc1nccnc1Cl)N1CCN(C(=O)c2ccnc(OCc3ccccc3F)c2)CC1. The van der Waals surface area contributed by atoms with Gasteiger partial charge in [-0.1, -0.05) is 29.8 Å². The molecule has 0 atom stereocenters. The zero-order valence-electron chi connectivity index (χ0n) is 17.7. The van der Waals surface area contributed by atoms with Gasteiger partial charge >= 0.3 is 0 Å². The number of benzene rings is 1. The van der Waals surface area contributed by atoms with E-state index in [0.29, 0.717) is 43.0 Å². The molecule has 10 heteroatoms. The lowest BCUT2D eigenvalue weighted by Gasteiger charge is -2.34. The van der Waals surface area contributed by atoms with Crippen molar-refractivity contribution in [1.82, 2.24) is 24.8 Å². The molecule has 2 aromatic heterocycles. The van der Waals surface area contributed by atoms with E-state index >= 15 is 0 Å². The van der Waals surface area contributed by atoms with Gasteiger partial charge in [0.15, 0.2) is 5.15 Å². The van der Waals surface area contributed by atoms with E-state index < -0.39 is 0 Å². The highest BCUT2D eigenvalue weighted by molar-refractivity contribution is 6.30. The van der Waals surface area contributed by atoms with Gasteiger partial charge in [0, 0.05) is 62.0 Å². The number of rotatable bonds is 6. The van der Waals surface area contributed by atoms with Gasteiger partial charge in [0.2, 0.25) is 11.8 Å². The molecule has 1 aromatic carbocycles. The Balaban J connectivity index is 1.32. The van der Waals surface area contributed by atoms with Crippen LogP contribution >= 0.6 is 11.6 Å². The zero-order chi connectivity index (χ0) is 23.2. The van der Waals surface area contributed by atoms with Crippen molar-refractivity contribution < 1.29 is 18.7 Å².